The first kappa shape index (κ1) is 18.8. The van der Waals surface area contributed by atoms with Crippen molar-refractivity contribution in [3.05, 3.63) is 53.7 Å². The zero-order valence-corrected chi connectivity index (χ0v) is 13.9. The van der Waals surface area contributed by atoms with E-state index < -0.39 is 5.51 Å². The standard InChI is InChI=1S/C16H14F3N3O2S/c1-10(23)22-14-8-12(6-7-20-14)15(24)21-9-11-2-4-13(5-3-11)25-16(17,18)19/h2-8H,9H2,1H3,(H,21,24)(H,20,22,23). The summed E-state index contributed by atoms with van der Waals surface area (Å²) >= 11 is -0.192. The molecular formula is C16H14F3N3O2S. The van der Waals surface area contributed by atoms with Crippen LogP contribution in [0.4, 0.5) is 19.0 Å². The molecule has 5 nitrogen and oxygen atoms in total. The van der Waals surface area contributed by atoms with E-state index >= 15 is 0 Å². The highest BCUT2D eigenvalue weighted by Crippen LogP contribution is 2.36. The molecule has 1 heterocycles. The molecule has 0 atom stereocenters. The summed E-state index contributed by atoms with van der Waals surface area (Å²) in [7, 11) is 0. The predicted octanol–water partition coefficient (Wildman–Crippen LogP) is 3.58. The first-order valence-electron chi connectivity index (χ1n) is 7.09. The molecule has 2 aromatic rings. The van der Waals surface area contributed by atoms with Crippen LogP contribution in [0.15, 0.2) is 47.5 Å². The number of halogens is 3. The number of benzene rings is 1. The van der Waals surface area contributed by atoms with Crippen molar-refractivity contribution in [2.75, 3.05) is 5.32 Å². The quantitative estimate of drug-likeness (QED) is 0.791. The third kappa shape index (κ3) is 6.46. The van der Waals surface area contributed by atoms with Gasteiger partial charge in [-0.25, -0.2) is 4.98 Å². The molecule has 2 amide bonds. The number of amides is 2. The molecule has 0 aliphatic heterocycles. The number of aromatic nitrogens is 1. The van der Waals surface area contributed by atoms with Crippen LogP contribution in [0.3, 0.4) is 0 Å². The summed E-state index contributed by atoms with van der Waals surface area (Å²) < 4.78 is 36.8. The van der Waals surface area contributed by atoms with Crippen molar-refractivity contribution in [3.8, 4) is 0 Å². The summed E-state index contributed by atoms with van der Waals surface area (Å²) in [6.45, 7) is 1.49. The summed E-state index contributed by atoms with van der Waals surface area (Å²) in [6.07, 6.45) is 1.39. The van der Waals surface area contributed by atoms with Crippen LogP contribution in [0.25, 0.3) is 0 Å². The highest BCUT2D eigenvalue weighted by Gasteiger charge is 2.28. The fourth-order valence-corrected chi connectivity index (χ4v) is 2.45. The molecule has 0 fully saturated rings. The molecule has 2 N–H and O–H groups in total. The maximum Gasteiger partial charge on any atom is 0.446 e. The molecular weight excluding hydrogens is 355 g/mol. The first-order valence-corrected chi connectivity index (χ1v) is 7.91. The van der Waals surface area contributed by atoms with Crippen molar-refractivity contribution in [1.29, 1.82) is 0 Å². The zero-order valence-electron chi connectivity index (χ0n) is 13.1. The molecule has 0 aliphatic carbocycles. The van der Waals surface area contributed by atoms with Crippen molar-refractivity contribution in [2.24, 2.45) is 0 Å². The van der Waals surface area contributed by atoms with E-state index in [9.17, 15) is 22.8 Å². The molecule has 132 valence electrons. The Morgan fingerprint density at radius 3 is 2.44 bits per heavy atom. The first-order chi connectivity index (χ1) is 11.7. The number of alkyl halides is 3. The monoisotopic (exact) mass is 369 g/mol. The number of hydrogen-bond donors (Lipinski definition) is 2. The van der Waals surface area contributed by atoms with E-state index in [0.29, 0.717) is 11.1 Å². The number of carbonyl (C=O) groups is 2. The fraction of sp³-hybridized carbons (Fsp3) is 0.188. The van der Waals surface area contributed by atoms with Crippen molar-refractivity contribution >= 4 is 29.4 Å². The van der Waals surface area contributed by atoms with E-state index in [2.05, 4.69) is 15.6 Å². The number of rotatable bonds is 5. The summed E-state index contributed by atoms with van der Waals surface area (Å²) in [5.74, 6) is -0.432. The SMILES string of the molecule is CC(=O)Nc1cc(C(=O)NCc2ccc(SC(F)(F)F)cc2)ccn1. The maximum atomic E-state index is 12.3. The van der Waals surface area contributed by atoms with Gasteiger partial charge in [0.25, 0.3) is 5.91 Å². The molecule has 0 radical (unpaired) electrons. The van der Waals surface area contributed by atoms with Gasteiger partial charge >= 0.3 is 5.51 Å². The molecule has 0 saturated heterocycles. The van der Waals surface area contributed by atoms with Gasteiger partial charge in [-0.15, -0.1) is 0 Å². The molecule has 0 spiro atoms. The fourth-order valence-electron chi connectivity index (χ4n) is 1.91. The van der Waals surface area contributed by atoms with Gasteiger partial charge in [0.2, 0.25) is 5.91 Å². The number of nitrogens with zero attached hydrogens (tertiary/aromatic N) is 1. The number of anilines is 1. The van der Waals surface area contributed by atoms with E-state index in [0.717, 1.165) is 0 Å². The van der Waals surface area contributed by atoms with Crippen LogP contribution >= 0.6 is 11.8 Å². The molecule has 1 aromatic carbocycles. The number of nitrogens with one attached hydrogen (secondary N) is 2. The smallest absolute Gasteiger partial charge is 0.348 e. The Bertz CT molecular complexity index is 764. The van der Waals surface area contributed by atoms with E-state index in [4.69, 9.17) is 0 Å². The average Bonchev–Trinajstić information content (AvgIpc) is 2.52. The second-order valence-electron chi connectivity index (χ2n) is 4.99. The molecule has 0 saturated carbocycles. The summed E-state index contributed by atoms with van der Waals surface area (Å²) in [5, 5.41) is 5.13. The third-order valence-corrected chi connectivity index (χ3v) is 3.68. The minimum absolute atomic E-state index is 0.0802. The van der Waals surface area contributed by atoms with Gasteiger partial charge in [0.05, 0.1) is 0 Å². The van der Waals surface area contributed by atoms with E-state index in [1.165, 1.54) is 49.5 Å². The van der Waals surface area contributed by atoms with E-state index in [1.807, 2.05) is 0 Å². The Kier molecular flexibility index (Phi) is 6.02. The molecule has 9 heteroatoms. The Balaban J connectivity index is 1.94. The normalized spacial score (nSPS) is 11.0. The predicted molar refractivity (Wildman–Crippen MR) is 88.1 cm³/mol. The molecule has 0 unspecified atom stereocenters. The van der Waals surface area contributed by atoms with Crippen molar-refractivity contribution in [2.45, 2.75) is 23.9 Å². The number of thioether (sulfide) groups is 1. The topological polar surface area (TPSA) is 71.1 Å². The summed E-state index contributed by atoms with van der Waals surface area (Å²) in [6, 6.07) is 8.65. The van der Waals surface area contributed by atoms with Crippen LogP contribution in [0.1, 0.15) is 22.8 Å². The van der Waals surface area contributed by atoms with E-state index in [1.54, 1.807) is 0 Å². The van der Waals surface area contributed by atoms with Crippen molar-refractivity contribution in [1.82, 2.24) is 10.3 Å². The number of hydrogen-bond acceptors (Lipinski definition) is 4. The average molecular weight is 369 g/mol. The Hall–Kier alpha value is -2.55. The number of pyridine rings is 1. The minimum Gasteiger partial charge on any atom is -0.348 e. The summed E-state index contributed by atoms with van der Waals surface area (Å²) in [4.78, 5) is 27.1. The Labute approximate surface area is 146 Å². The lowest BCUT2D eigenvalue weighted by Gasteiger charge is -2.08. The van der Waals surface area contributed by atoms with Crippen LogP contribution in [-0.2, 0) is 11.3 Å². The Morgan fingerprint density at radius 1 is 1.16 bits per heavy atom. The largest absolute Gasteiger partial charge is 0.446 e. The molecule has 0 aliphatic rings. The second-order valence-corrected chi connectivity index (χ2v) is 6.12. The van der Waals surface area contributed by atoms with Gasteiger partial charge in [-0.1, -0.05) is 12.1 Å². The van der Waals surface area contributed by atoms with Gasteiger partial charge in [-0.05, 0) is 41.6 Å². The van der Waals surface area contributed by atoms with Crippen molar-refractivity contribution in [3.63, 3.8) is 0 Å². The highest BCUT2D eigenvalue weighted by molar-refractivity contribution is 8.00. The van der Waals surface area contributed by atoms with Crippen LogP contribution in [-0.4, -0.2) is 22.3 Å². The molecule has 2 rings (SSSR count). The highest BCUT2D eigenvalue weighted by atomic mass is 32.2. The minimum atomic E-state index is -4.33. The van der Waals surface area contributed by atoms with Gasteiger partial charge < -0.3 is 10.6 Å². The zero-order chi connectivity index (χ0) is 18.4. The number of carbonyl (C=O) groups excluding carboxylic acids is 2. The van der Waals surface area contributed by atoms with Crippen molar-refractivity contribution < 1.29 is 22.8 Å². The molecule has 25 heavy (non-hydrogen) atoms. The van der Waals surface area contributed by atoms with Gasteiger partial charge in [-0.3, -0.25) is 9.59 Å². The van der Waals surface area contributed by atoms with Crippen LogP contribution in [0.2, 0.25) is 0 Å². The molecule has 0 bridgehead atoms. The van der Waals surface area contributed by atoms with Crippen LogP contribution in [0, 0.1) is 0 Å². The van der Waals surface area contributed by atoms with Crippen LogP contribution in [0.5, 0.6) is 0 Å². The van der Waals surface area contributed by atoms with E-state index in [-0.39, 0.29) is 40.8 Å². The second kappa shape index (κ2) is 8.02. The lowest BCUT2D eigenvalue weighted by atomic mass is 10.2. The lowest BCUT2D eigenvalue weighted by Crippen LogP contribution is -2.23. The van der Waals surface area contributed by atoms with Gasteiger partial charge in [0.1, 0.15) is 5.82 Å². The third-order valence-electron chi connectivity index (χ3n) is 2.94. The maximum absolute atomic E-state index is 12.3. The summed E-state index contributed by atoms with van der Waals surface area (Å²) in [5.41, 5.74) is -3.36. The van der Waals surface area contributed by atoms with Gasteiger partial charge in [0.15, 0.2) is 0 Å². The Morgan fingerprint density at radius 2 is 1.84 bits per heavy atom. The van der Waals surface area contributed by atoms with Gasteiger partial charge in [0, 0.05) is 30.1 Å². The lowest BCUT2D eigenvalue weighted by molar-refractivity contribution is -0.114. The molecule has 1 aromatic heterocycles. The van der Waals surface area contributed by atoms with Gasteiger partial charge in [-0.2, -0.15) is 13.2 Å². The van der Waals surface area contributed by atoms with Crippen LogP contribution < -0.4 is 10.6 Å².